The fraction of sp³-hybridized carbons (Fsp3) is 0.350. The van der Waals surface area contributed by atoms with Gasteiger partial charge in [0.1, 0.15) is 28.5 Å². The molecular weight excluding hydrogens is 382 g/mol. The molecule has 144 valence electrons. The highest BCUT2D eigenvalue weighted by Gasteiger charge is 2.33. The van der Waals surface area contributed by atoms with Crippen molar-refractivity contribution in [2.24, 2.45) is 4.99 Å². The molecule has 0 saturated carbocycles. The van der Waals surface area contributed by atoms with Gasteiger partial charge < -0.3 is 4.74 Å². The summed E-state index contributed by atoms with van der Waals surface area (Å²) in [5.41, 5.74) is 1.93. The minimum atomic E-state index is -0.624. The van der Waals surface area contributed by atoms with Gasteiger partial charge in [-0.2, -0.15) is 0 Å². The van der Waals surface area contributed by atoms with E-state index < -0.39 is 17.7 Å². The van der Waals surface area contributed by atoms with Gasteiger partial charge in [-0.3, -0.25) is 9.56 Å². The summed E-state index contributed by atoms with van der Waals surface area (Å²) in [6, 6.07) is 3.51. The highest BCUT2D eigenvalue weighted by atomic mass is 32.1. The number of aromatic nitrogens is 3. The van der Waals surface area contributed by atoms with E-state index in [-0.39, 0.29) is 5.56 Å². The third-order valence-corrected chi connectivity index (χ3v) is 6.47. The summed E-state index contributed by atoms with van der Waals surface area (Å²) in [6.07, 6.45) is 1.78. The van der Waals surface area contributed by atoms with E-state index in [0.717, 1.165) is 34.8 Å². The molecule has 3 aromatic rings. The van der Waals surface area contributed by atoms with E-state index in [4.69, 9.17) is 9.73 Å². The average molecular weight is 400 g/mol. The first-order valence-corrected chi connectivity index (χ1v) is 10.0. The van der Waals surface area contributed by atoms with Crippen molar-refractivity contribution >= 4 is 17.0 Å². The molecule has 0 aliphatic carbocycles. The predicted octanol–water partition coefficient (Wildman–Crippen LogP) is 4.29. The Morgan fingerprint density at radius 2 is 1.96 bits per heavy atom. The molecule has 0 radical (unpaired) electrons. The first-order chi connectivity index (χ1) is 13.6. The number of rotatable bonds is 1. The lowest BCUT2D eigenvalue weighted by molar-refractivity contribution is 0.125. The number of ether oxygens (including phenoxy) is 1. The van der Waals surface area contributed by atoms with Crippen molar-refractivity contribution in [2.45, 2.75) is 39.3 Å². The maximum atomic E-state index is 14.8. The first kappa shape index (κ1) is 17.6. The molecule has 5 rings (SSSR count). The molecule has 1 atom stereocenters. The van der Waals surface area contributed by atoms with E-state index in [1.54, 1.807) is 11.3 Å². The minimum Gasteiger partial charge on any atom is -0.377 e. The Morgan fingerprint density at radius 3 is 2.75 bits per heavy atom. The molecule has 0 unspecified atom stereocenters. The second-order valence-corrected chi connectivity index (χ2v) is 8.11. The van der Waals surface area contributed by atoms with Crippen molar-refractivity contribution < 1.29 is 13.5 Å². The van der Waals surface area contributed by atoms with Crippen LogP contribution in [0, 0.1) is 18.6 Å². The van der Waals surface area contributed by atoms with Crippen LogP contribution < -0.4 is 0 Å². The summed E-state index contributed by atoms with van der Waals surface area (Å²) in [6.45, 7) is 4.82. The molecule has 0 bridgehead atoms. The standard InChI is InChI=1S/C20H18F2N4OS/c1-10-19-25-24-11(2)26(19)20-16(12-9-27-8-4-7-15(12)28-20)18(23-10)17-13(21)5-3-6-14(17)22/h3,5-6,10H,4,7-9H2,1-2H3/t10-/m0/s1. The van der Waals surface area contributed by atoms with Crippen molar-refractivity contribution in [1.82, 2.24) is 14.8 Å². The Hall–Kier alpha value is -2.45. The van der Waals surface area contributed by atoms with Crippen molar-refractivity contribution in [3.05, 3.63) is 63.0 Å². The van der Waals surface area contributed by atoms with Gasteiger partial charge in [-0.05, 0) is 38.8 Å². The van der Waals surface area contributed by atoms with Crippen LogP contribution in [0.4, 0.5) is 8.78 Å². The molecule has 2 aliphatic heterocycles. The van der Waals surface area contributed by atoms with E-state index in [2.05, 4.69) is 10.2 Å². The Labute approximate surface area is 164 Å². The fourth-order valence-corrected chi connectivity index (χ4v) is 5.30. The van der Waals surface area contributed by atoms with Crippen molar-refractivity contribution in [3.63, 3.8) is 0 Å². The largest absolute Gasteiger partial charge is 0.377 e. The van der Waals surface area contributed by atoms with Gasteiger partial charge >= 0.3 is 0 Å². The zero-order chi connectivity index (χ0) is 19.4. The van der Waals surface area contributed by atoms with Gasteiger partial charge in [-0.25, -0.2) is 8.78 Å². The number of halogens is 2. The van der Waals surface area contributed by atoms with E-state index >= 15 is 0 Å². The summed E-state index contributed by atoms with van der Waals surface area (Å²) >= 11 is 1.62. The number of hydrogen-bond donors (Lipinski definition) is 0. The quantitative estimate of drug-likeness (QED) is 0.612. The lowest BCUT2D eigenvalue weighted by atomic mass is 9.97. The van der Waals surface area contributed by atoms with Gasteiger partial charge in [0.05, 0.1) is 17.9 Å². The summed E-state index contributed by atoms with van der Waals surface area (Å²) in [5.74, 6) is 0.148. The van der Waals surface area contributed by atoms with Crippen LogP contribution in [0.25, 0.3) is 5.00 Å². The Bertz CT molecular complexity index is 1100. The van der Waals surface area contributed by atoms with Gasteiger partial charge in [0.25, 0.3) is 0 Å². The van der Waals surface area contributed by atoms with E-state index in [1.807, 2.05) is 18.4 Å². The number of benzene rings is 1. The molecule has 2 aliphatic rings. The second kappa shape index (κ2) is 6.56. The fourth-order valence-electron chi connectivity index (χ4n) is 3.89. The normalized spacial score (nSPS) is 18.6. The number of thiophene rings is 1. The molecule has 28 heavy (non-hydrogen) atoms. The number of aryl methyl sites for hydroxylation is 2. The van der Waals surface area contributed by atoms with Crippen LogP contribution in [-0.2, 0) is 17.8 Å². The maximum absolute atomic E-state index is 14.8. The van der Waals surface area contributed by atoms with Gasteiger partial charge in [0, 0.05) is 22.6 Å². The molecule has 0 fully saturated rings. The minimum absolute atomic E-state index is 0.100. The molecule has 4 heterocycles. The highest BCUT2D eigenvalue weighted by Crippen LogP contribution is 2.41. The molecule has 0 spiro atoms. The van der Waals surface area contributed by atoms with Crippen molar-refractivity contribution in [1.29, 1.82) is 0 Å². The maximum Gasteiger partial charge on any atom is 0.162 e. The lowest BCUT2D eigenvalue weighted by Gasteiger charge is -2.12. The Morgan fingerprint density at radius 1 is 1.18 bits per heavy atom. The van der Waals surface area contributed by atoms with Gasteiger partial charge in [-0.15, -0.1) is 21.5 Å². The van der Waals surface area contributed by atoms with Crippen molar-refractivity contribution in [3.8, 4) is 5.00 Å². The zero-order valence-electron chi connectivity index (χ0n) is 15.5. The molecule has 2 aromatic heterocycles. The summed E-state index contributed by atoms with van der Waals surface area (Å²) in [7, 11) is 0. The summed E-state index contributed by atoms with van der Waals surface area (Å²) in [5, 5.41) is 9.37. The van der Waals surface area contributed by atoms with E-state index in [1.165, 1.54) is 23.1 Å². The molecule has 5 nitrogen and oxygen atoms in total. The molecule has 1 aromatic carbocycles. The molecule has 0 N–H and O–H groups in total. The van der Waals surface area contributed by atoms with Crippen molar-refractivity contribution in [2.75, 3.05) is 6.61 Å². The summed E-state index contributed by atoms with van der Waals surface area (Å²) < 4.78 is 37.3. The van der Waals surface area contributed by atoms with E-state index in [9.17, 15) is 8.78 Å². The number of nitrogens with zero attached hydrogens (tertiary/aromatic N) is 4. The first-order valence-electron chi connectivity index (χ1n) is 9.23. The van der Waals surface area contributed by atoms with Crippen LogP contribution in [0.1, 0.15) is 52.6 Å². The third-order valence-electron chi connectivity index (χ3n) is 5.20. The average Bonchev–Trinajstić information content (AvgIpc) is 3.08. The lowest BCUT2D eigenvalue weighted by Crippen LogP contribution is -2.13. The third kappa shape index (κ3) is 2.55. The van der Waals surface area contributed by atoms with Crippen LogP contribution in [-0.4, -0.2) is 27.1 Å². The molecular formula is C20H18F2N4OS. The highest BCUT2D eigenvalue weighted by molar-refractivity contribution is 7.15. The van der Waals surface area contributed by atoms with Crippen LogP contribution >= 0.6 is 11.3 Å². The number of fused-ring (bicyclic) bond motifs is 5. The van der Waals surface area contributed by atoms with Crippen LogP contribution in [0.15, 0.2) is 23.2 Å². The smallest absolute Gasteiger partial charge is 0.162 e. The molecule has 8 heteroatoms. The summed E-state index contributed by atoms with van der Waals surface area (Å²) in [4.78, 5) is 5.91. The molecule has 0 amide bonds. The van der Waals surface area contributed by atoms with Crippen LogP contribution in [0.2, 0.25) is 0 Å². The van der Waals surface area contributed by atoms with Gasteiger partial charge in [0.15, 0.2) is 5.82 Å². The zero-order valence-corrected chi connectivity index (χ0v) is 16.3. The second-order valence-electron chi connectivity index (χ2n) is 7.03. The van der Waals surface area contributed by atoms with Crippen LogP contribution in [0.3, 0.4) is 0 Å². The monoisotopic (exact) mass is 400 g/mol. The predicted molar refractivity (Wildman–Crippen MR) is 102 cm³/mol. The Kier molecular flexibility index (Phi) is 4.13. The van der Waals surface area contributed by atoms with Gasteiger partial charge in [-0.1, -0.05) is 6.07 Å². The number of aliphatic imine (C=N–C) groups is 1. The van der Waals surface area contributed by atoms with Gasteiger partial charge in [0.2, 0.25) is 0 Å². The van der Waals surface area contributed by atoms with Crippen LogP contribution in [0.5, 0.6) is 0 Å². The SMILES string of the molecule is Cc1nnc2n1-c1sc3c(c1C(c1c(F)cccc1F)=N[C@H]2C)COCCC3. The molecule has 0 saturated heterocycles. The van der Waals surface area contributed by atoms with E-state index in [0.29, 0.717) is 24.7 Å². The topological polar surface area (TPSA) is 52.3 Å². The Balaban J connectivity index is 1.87. The number of hydrogen-bond acceptors (Lipinski definition) is 5.